The highest BCUT2D eigenvalue weighted by Gasteiger charge is 2.42. The number of allylic oxidation sites excluding steroid dienone is 3. The van der Waals surface area contributed by atoms with E-state index in [0.29, 0.717) is 41.3 Å². The number of hydrogen-bond acceptors (Lipinski definition) is 6. The van der Waals surface area contributed by atoms with Gasteiger partial charge in [0.2, 0.25) is 13.2 Å². The van der Waals surface area contributed by atoms with E-state index in [4.69, 9.17) is 15.5 Å². The normalized spacial score (nSPS) is 31.0. The summed E-state index contributed by atoms with van der Waals surface area (Å²) in [6.45, 7) is 3.99. The highest BCUT2D eigenvalue weighted by atomic mass is 31.2. The number of rotatable bonds is 5. The van der Waals surface area contributed by atoms with E-state index in [-0.39, 0.29) is 5.66 Å². The monoisotopic (exact) mass is 456 g/mol. The second-order valence-electron chi connectivity index (χ2n) is 10.4. The molecule has 32 heavy (non-hydrogen) atoms. The first-order chi connectivity index (χ1) is 15.2. The van der Waals surface area contributed by atoms with Gasteiger partial charge < -0.3 is 15.4 Å². The fourth-order valence-electron chi connectivity index (χ4n) is 5.46. The highest BCUT2D eigenvalue weighted by molar-refractivity contribution is 7.59. The van der Waals surface area contributed by atoms with Crippen molar-refractivity contribution in [3.8, 4) is 5.88 Å². The Balaban J connectivity index is 1.23. The van der Waals surface area contributed by atoms with Crippen LogP contribution in [0.25, 0.3) is 0 Å². The average molecular weight is 457 g/mol. The van der Waals surface area contributed by atoms with Crippen molar-refractivity contribution in [3.63, 3.8) is 0 Å². The summed E-state index contributed by atoms with van der Waals surface area (Å²) in [5, 5.41) is 0. The molecule has 0 aromatic carbocycles. The van der Waals surface area contributed by atoms with Gasteiger partial charge in [-0.2, -0.15) is 4.98 Å². The third-order valence-corrected chi connectivity index (χ3v) is 10.2. The molecule has 7 nitrogen and oxygen atoms in total. The molecule has 0 saturated heterocycles. The number of aromatic nitrogens is 2. The fraction of sp³-hybridized carbons (Fsp3) is 0.625. The third-order valence-electron chi connectivity index (χ3n) is 7.50. The van der Waals surface area contributed by atoms with Crippen LogP contribution in [0.2, 0.25) is 0 Å². The maximum absolute atomic E-state index is 12.5. The van der Waals surface area contributed by atoms with E-state index in [1.165, 1.54) is 6.33 Å². The summed E-state index contributed by atoms with van der Waals surface area (Å²) >= 11 is 0. The number of nitrogens with zero attached hydrogens (tertiary/aromatic N) is 3. The summed E-state index contributed by atoms with van der Waals surface area (Å²) in [6, 6.07) is 0. The number of aliphatic imine (C=N–C) groups is 1. The Morgan fingerprint density at radius 1 is 1.19 bits per heavy atom. The lowest BCUT2D eigenvalue weighted by atomic mass is 9.73. The molecule has 2 saturated carbocycles. The number of fused-ring (bicyclic) bond motifs is 1. The van der Waals surface area contributed by atoms with E-state index in [1.807, 2.05) is 13.8 Å². The summed E-state index contributed by atoms with van der Waals surface area (Å²) < 4.78 is 18.6. The largest absolute Gasteiger partial charge is 0.463 e. The summed E-state index contributed by atoms with van der Waals surface area (Å²) in [5.74, 6) is 2.32. The molecule has 3 N–H and O–H groups in total. The van der Waals surface area contributed by atoms with Crippen molar-refractivity contribution in [2.45, 2.75) is 70.1 Å². The predicted octanol–water partition coefficient (Wildman–Crippen LogP) is 5.04. The quantitative estimate of drug-likeness (QED) is 0.600. The Bertz CT molecular complexity index is 1040. The second kappa shape index (κ2) is 8.11. The number of ether oxygens (including phenoxy) is 1. The lowest BCUT2D eigenvalue weighted by Crippen LogP contribution is -2.41. The van der Waals surface area contributed by atoms with Gasteiger partial charge in [0, 0.05) is 11.8 Å². The van der Waals surface area contributed by atoms with Gasteiger partial charge in [-0.3, -0.25) is 4.57 Å². The van der Waals surface area contributed by atoms with Gasteiger partial charge in [0.1, 0.15) is 11.9 Å². The van der Waals surface area contributed by atoms with Crippen LogP contribution in [-0.2, 0) is 4.57 Å². The molecule has 2 unspecified atom stereocenters. The van der Waals surface area contributed by atoms with Crippen LogP contribution in [-0.4, -0.2) is 38.0 Å². The molecule has 2 fully saturated rings. The number of hydrogen-bond donors (Lipinski definition) is 2. The molecule has 0 bridgehead atoms. The molecular weight excluding hydrogens is 423 g/mol. The molecule has 2 atom stereocenters. The molecule has 0 spiro atoms. The minimum Gasteiger partial charge on any atom is -0.463 e. The van der Waals surface area contributed by atoms with Gasteiger partial charge in [-0.1, -0.05) is 18.2 Å². The molecule has 8 heteroatoms. The molecule has 0 amide bonds. The van der Waals surface area contributed by atoms with Crippen LogP contribution in [0, 0.1) is 17.8 Å². The summed E-state index contributed by atoms with van der Waals surface area (Å²) in [6.07, 6.45) is 16.0. The Labute approximate surface area is 189 Å². The van der Waals surface area contributed by atoms with Crippen LogP contribution >= 0.6 is 7.37 Å². The molecule has 5 rings (SSSR count). The average Bonchev–Trinajstić information content (AvgIpc) is 3.60. The predicted molar refractivity (Wildman–Crippen MR) is 127 cm³/mol. The number of nitrogen functional groups attached to an aromatic ring is 1. The van der Waals surface area contributed by atoms with E-state index in [1.54, 1.807) is 0 Å². The Kier molecular flexibility index (Phi) is 5.53. The topological polar surface area (TPSA) is 111 Å². The Hall–Kier alpha value is -1.98. The summed E-state index contributed by atoms with van der Waals surface area (Å²) in [7, 11) is -2.90. The summed E-state index contributed by atoms with van der Waals surface area (Å²) in [5.41, 5.74) is 7.93. The standard InChI is InChI=1S/C24H33N4O3P/c1-24(2)21(28-20-22(25)26-14-27-23(20)31-24)18-9-7-17(8-10-18)16-5-3-15(4-6-16)13-32(29,30)19-11-12-19/h7,9-10,14-17,19H,3-6,8,11-13H2,1-2H3,(H,29,30)(H2,25,26,27). The van der Waals surface area contributed by atoms with E-state index in [2.05, 4.69) is 28.2 Å². The van der Waals surface area contributed by atoms with Crippen molar-refractivity contribution in [3.05, 3.63) is 30.1 Å². The van der Waals surface area contributed by atoms with Crippen LogP contribution in [0.15, 0.2) is 35.1 Å². The molecule has 1 aromatic rings. The molecule has 3 aliphatic carbocycles. The van der Waals surface area contributed by atoms with Crippen LogP contribution in [0.5, 0.6) is 5.88 Å². The first-order valence-corrected chi connectivity index (χ1v) is 13.7. The second-order valence-corrected chi connectivity index (χ2v) is 13.0. The Morgan fingerprint density at radius 3 is 2.59 bits per heavy atom. The Morgan fingerprint density at radius 2 is 1.94 bits per heavy atom. The molecule has 172 valence electrons. The van der Waals surface area contributed by atoms with E-state index < -0.39 is 13.0 Å². The van der Waals surface area contributed by atoms with Gasteiger partial charge in [-0.05, 0) is 82.1 Å². The van der Waals surface area contributed by atoms with Crippen LogP contribution < -0.4 is 10.5 Å². The zero-order valence-corrected chi connectivity index (χ0v) is 19.8. The molecular formula is C24H33N4O3P. The van der Waals surface area contributed by atoms with Gasteiger partial charge in [0.15, 0.2) is 11.5 Å². The van der Waals surface area contributed by atoms with Crippen molar-refractivity contribution in [1.82, 2.24) is 9.97 Å². The van der Waals surface area contributed by atoms with E-state index >= 15 is 0 Å². The SMILES string of the molecule is CC1(C)Oc2ncnc(N)c2N=C1C1=CCC(C2CCC(CP(=O)(O)C3CC3)CC2)C=C1. The van der Waals surface area contributed by atoms with Crippen LogP contribution in [0.3, 0.4) is 0 Å². The lowest BCUT2D eigenvalue weighted by molar-refractivity contribution is 0.171. The van der Waals surface area contributed by atoms with Crippen LogP contribution in [0.1, 0.15) is 58.8 Å². The van der Waals surface area contributed by atoms with E-state index in [9.17, 15) is 9.46 Å². The number of nitrogens with two attached hydrogens (primary N) is 1. The van der Waals surface area contributed by atoms with Gasteiger partial charge in [0.25, 0.3) is 0 Å². The summed E-state index contributed by atoms with van der Waals surface area (Å²) in [4.78, 5) is 23.3. The maximum atomic E-state index is 12.5. The highest BCUT2D eigenvalue weighted by Crippen LogP contribution is 2.59. The van der Waals surface area contributed by atoms with Crippen molar-refractivity contribution in [2.24, 2.45) is 22.7 Å². The number of anilines is 1. The van der Waals surface area contributed by atoms with Gasteiger partial charge in [0.05, 0.1) is 5.71 Å². The zero-order valence-electron chi connectivity index (χ0n) is 18.9. The molecule has 2 heterocycles. The lowest BCUT2D eigenvalue weighted by Gasteiger charge is -2.36. The molecule has 0 radical (unpaired) electrons. The minimum atomic E-state index is -2.90. The van der Waals surface area contributed by atoms with E-state index in [0.717, 1.165) is 56.2 Å². The minimum absolute atomic E-state index is 0.106. The first-order valence-electron chi connectivity index (χ1n) is 11.8. The molecule has 1 aliphatic heterocycles. The van der Waals surface area contributed by atoms with Gasteiger partial charge in [-0.25, -0.2) is 9.98 Å². The fourth-order valence-corrected chi connectivity index (χ4v) is 7.82. The molecule has 4 aliphatic rings. The van der Waals surface area contributed by atoms with Gasteiger partial charge >= 0.3 is 0 Å². The van der Waals surface area contributed by atoms with Crippen molar-refractivity contribution in [1.29, 1.82) is 0 Å². The smallest absolute Gasteiger partial charge is 0.246 e. The zero-order chi connectivity index (χ0) is 22.5. The maximum Gasteiger partial charge on any atom is 0.246 e. The van der Waals surface area contributed by atoms with Gasteiger partial charge in [-0.15, -0.1) is 0 Å². The van der Waals surface area contributed by atoms with Crippen molar-refractivity contribution < 1.29 is 14.2 Å². The first kappa shape index (κ1) is 21.8. The van der Waals surface area contributed by atoms with Crippen molar-refractivity contribution >= 4 is 24.6 Å². The van der Waals surface area contributed by atoms with Crippen LogP contribution in [0.4, 0.5) is 11.5 Å². The van der Waals surface area contributed by atoms with Crippen molar-refractivity contribution in [2.75, 3.05) is 11.9 Å². The molecule has 1 aromatic heterocycles. The third kappa shape index (κ3) is 4.29.